The molecule has 3 aromatic rings. The summed E-state index contributed by atoms with van der Waals surface area (Å²) in [6.45, 7) is 6.48. The Morgan fingerprint density at radius 2 is 1.54 bits per heavy atom. The molecule has 0 heterocycles. The molecule has 128 valence electrons. The molecule has 0 aliphatic carbocycles. The summed E-state index contributed by atoms with van der Waals surface area (Å²) in [6.07, 6.45) is 0. The molecule has 0 fully saturated rings. The van der Waals surface area contributed by atoms with Gasteiger partial charge in [0, 0.05) is 11.1 Å². The highest BCUT2D eigenvalue weighted by atomic mass is 28.3. The average molecular weight is 355 g/mol. The molecule has 26 heavy (non-hydrogen) atoms. The van der Waals surface area contributed by atoms with E-state index < -0.39 is 8.07 Å². The molecule has 1 nitrogen and oxygen atoms in total. The number of benzene rings is 3. The zero-order valence-corrected chi connectivity index (χ0v) is 16.7. The molecule has 0 spiro atoms. The molecule has 0 aromatic heterocycles. The van der Waals surface area contributed by atoms with Crippen LogP contribution in [0.25, 0.3) is 10.8 Å². The molecular formula is C24H22OSi. The van der Waals surface area contributed by atoms with Crippen LogP contribution in [-0.4, -0.2) is 15.2 Å². The van der Waals surface area contributed by atoms with Gasteiger partial charge in [-0.05, 0) is 53.2 Å². The standard InChI is InChI=1S/C24H22OSi/c1-5-8-20-9-6-10-21-11-7-12-23(24(20)21)26(3,4)18-17-19-13-15-22(25-2)16-14-19/h6-7,9-16H,1-4H3. The molecule has 3 aromatic carbocycles. The Bertz CT molecular complexity index is 1050. The molecule has 0 aliphatic rings. The first-order valence-electron chi connectivity index (χ1n) is 8.67. The van der Waals surface area contributed by atoms with Gasteiger partial charge in [0.05, 0.1) is 7.11 Å². The molecule has 0 unspecified atom stereocenters. The first-order chi connectivity index (χ1) is 12.5. The minimum Gasteiger partial charge on any atom is -0.497 e. The van der Waals surface area contributed by atoms with E-state index in [1.54, 1.807) is 7.11 Å². The van der Waals surface area contributed by atoms with E-state index in [0.717, 1.165) is 16.9 Å². The van der Waals surface area contributed by atoms with Crippen LogP contribution >= 0.6 is 0 Å². The van der Waals surface area contributed by atoms with Gasteiger partial charge in [0.1, 0.15) is 5.75 Å². The van der Waals surface area contributed by atoms with Crippen molar-refractivity contribution < 1.29 is 4.74 Å². The van der Waals surface area contributed by atoms with Crippen molar-refractivity contribution >= 4 is 24.0 Å². The van der Waals surface area contributed by atoms with Gasteiger partial charge in [-0.3, -0.25) is 0 Å². The summed E-state index contributed by atoms with van der Waals surface area (Å²) < 4.78 is 5.22. The first kappa shape index (κ1) is 17.9. The van der Waals surface area contributed by atoms with Crippen molar-refractivity contribution in [3.05, 3.63) is 71.8 Å². The molecule has 0 amide bonds. The summed E-state index contributed by atoms with van der Waals surface area (Å²) in [4.78, 5) is 0. The highest BCUT2D eigenvalue weighted by molar-refractivity contribution is 6.98. The zero-order chi connectivity index (χ0) is 18.6. The van der Waals surface area contributed by atoms with Gasteiger partial charge in [0.25, 0.3) is 0 Å². The molecule has 0 saturated heterocycles. The van der Waals surface area contributed by atoms with Gasteiger partial charge in [0.15, 0.2) is 8.07 Å². The predicted molar refractivity (Wildman–Crippen MR) is 113 cm³/mol. The Kier molecular flexibility index (Phi) is 5.17. The van der Waals surface area contributed by atoms with Crippen molar-refractivity contribution in [3.8, 4) is 29.1 Å². The largest absolute Gasteiger partial charge is 0.497 e. The Hall–Kier alpha value is -2.94. The van der Waals surface area contributed by atoms with Gasteiger partial charge in [-0.2, -0.15) is 0 Å². The smallest absolute Gasteiger partial charge is 0.163 e. The van der Waals surface area contributed by atoms with E-state index in [2.05, 4.69) is 72.8 Å². The van der Waals surface area contributed by atoms with Gasteiger partial charge in [0.2, 0.25) is 0 Å². The summed E-state index contributed by atoms with van der Waals surface area (Å²) in [6, 6.07) is 20.7. The fourth-order valence-corrected chi connectivity index (χ4v) is 5.08. The average Bonchev–Trinajstić information content (AvgIpc) is 2.67. The number of fused-ring (bicyclic) bond motifs is 1. The molecule has 0 radical (unpaired) electrons. The van der Waals surface area contributed by atoms with Crippen LogP contribution in [0.2, 0.25) is 13.1 Å². The van der Waals surface area contributed by atoms with Crippen LogP contribution in [0.15, 0.2) is 60.7 Å². The second kappa shape index (κ2) is 7.52. The topological polar surface area (TPSA) is 9.23 Å². The summed E-state index contributed by atoms with van der Waals surface area (Å²) in [5.41, 5.74) is 5.69. The van der Waals surface area contributed by atoms with E-state index in [4.69, 9.17) is 4.74 Å². The second-order valence-corrected chi connectivity index (χ2v) is 10.7. The van der Waals surface area contributed by atoms with Crippen molar-refractivity contribution in [2.45, 2.75) is 20.0 Å². The maximum Gasteiger partial charge on any atom is 0.163 e. The lowest BCUT2D eigenvalue weighted by molar-refractivity contribution is 0.415. The van der Waals surface area contributed by atoms with Gasteiger partial charge in [-0.15, -0.1) is 11.5 Å². The molecule has 0 N–H and O–H groups in total. The van der Waals surface area contributed by atoms with E-state index in [-0.39, 0.29) is 0 Å². The van der Waals surface area contributed by atoms with E-state index >= 15 is 0 Å². The van der Waals surface area contributed by atoms with Crippen molar-refractivity contribution in [2.75, 3.05) is 7.11 Å². The molecule has 2 heteroatoms. The minimum absolute atomic E-state index is 0.851. The molecular weight excluding hydrogens is 332 g/mol. The van der Waals surface area contributed by atoms with Gasteiger partial charge < -0.3 is 4.74 Å². The minimum atomic E-state index is -1.97. The van der Waals surface area contributed by atoms with Gasteiger partial charge in [-0.25, -0.2) is 0 Å². The molecule has 3 rings (SSSR count). The first-order valence-corrected chi connectivity index (χ1v) is 11.7. The molecule has 0 aliphatic heterocycles. The third-order valence-corrected chi connectivity index (χ3v) is 6.96. The number of hydrogen-bond acceptors (Lipinski definition) is 1. The Morgan fingerprint density at radius 3 is 2.19 bits per heavy atom. The lowest BCUT2D eigenvalue weighted by atomic mass is 10.0. The lowest BCUT2D eigenvalue weighted by Crippen LogP contribution is -2.41. The van der Waals surface area contributed by atoms with Crippen LogP contribution < -0.4 is 9.92 Å². The fourth-order valence-electron chi connectivity index (χ4n) is 3.07. The van der Waals surface area contributed by atoms with Crippen molar-refractivity contribution in [3.63, 3.8) is 0 Å². The van der Waals surface area contributed by atoms with E-state index in [0.29, 0.717) is 0 Å². The zero-order valence-electron chi connectivity index (χ0n) is 15.7. The lowest BCUT2D eigenvalue weighted by Gasteiger charge is -2.19. The number of hydrogen-bond donors (Lipinski definition) is 0. The van der Waals surface area contributed by atoms with Crippen molar-refractivity contribution in [1.82, 2.24) is 0 Å². The Morgan fingerprint density at radius 1 is 0.846 bits per heavy atom. The maximum absolute atomic E-state index is 5.22. The third kappa shape index (κ3) is 3.67. The monoisotopic (exact) mass is 354 g/mol. The molecule has 0 atom stereocenters. The maximum atomic E-state index is 5.22. The van der Waals surface area contributed by atoms with Crippen LogP contribution in [0, 0.1) is 23.3 Å². The normalized spacial score (nSPS) is 10.5. The van der Waals surface area contributed by atoms with Crippen LogP contribution in [0.4, 0.5) is 0 Å². The van der Waals surface area contributed by atoms with Crippen molar-refractivity contribution in [1.29, 1.82) is 0 Å². The predicted octanol–water partition coefficient (Wildman–Crippen LogP) is 4.73. The van der Waals surface area contributed by atoms with E-state index in [1.807, 2.05) is 31.2 Å². The number of methoxy groups -OCH3 is 1. The van der Waals surface area contributed by atoms with Crippen LogP contribution in [-0.2, 0) is 0 Å². The third-order valence-electron chi connectivity index (χ3n) is 4.45. The highest BCUT2D eigenvalue weighted by Crippen LogP contribution is 2.20. The summed E-state index contributed by atoms with van der Waals surface area (Å²) in [5, 5.41) is 3.83. The fraction of sp³-hybridized carbons (Fsp3) is 0.167. The number of rotatable bonds is 2. The molecule has 0 saturated carbocycles. The number of ether oxygens (including phenoxy) is 1. The van der Waals surface area contributed by atoms with Crippen molar-refractivity contribution in [2.24, 2.45) is 0 Å². The van der Waals surface area contributed by atoms with Crippen LogP contribution in [0.5, 0.6) is 5.75 Å². The van der Waals surface area contributed by atoms with Gasteiger partial charge in [-0.1, -0.05) is 55.3 Å². The van der Waals surface area contributed by atoms with Crippen LogP contribution in [0.1, 0.15) is 18.1 Å². The quantitative estimate of drug-likeness (QED) is 0.478. The summed E-state index contributed by atoms with van der Waals surface area (Å²) >= 11 is 0. The van der Waals surface area contributed by atoms with Gasteiger partial charge >= 0.3 is 0 Å². The SMILES string of the molecule is CC#Cc1cccc2cccc([Si](C)(C)C#Cc3ccc(OC)cc3)c12. The highest BCUT2D eigenvalue weighted by Gasteiger charge is 2.24. The Balaban J connectivity index is 2.09. The van der Waals surface area contributed by atoms with E-state index in [1.165, 1.54) is 16.0 Å². The summed E-state index contributed by atoms with van der Waals surface area (Å²) in [5.74, 6) is 10.5. The summed E-state index contributed by atoms with van der Waals surface area (Å²) in [7, 11) is -0.294. The van der Waals surface area contributed by atoms with Crippen LogP contribution in [0.3, 0.4) is 0 Å². The van der Waals surface area contributed by atoms with E-state index in [9.17, 15) is 0 Å². The second-order valence-electron chi connectivity index (χ2n) is 6.69. The Labute approximate surface area is 157 Å². The molecule has 0 bridgehead atoms.